The van der Waals surface area contributed by atoms with Crippen LogP contribution in [0, 0.1) is 6.92 Å². The van der Waals surface area contributed by atoms with E-state index in [-0.39, 0.29) is 0 Å². The number of nitrogens with one attached hydrogen (secondary N) is 2. The molecule has 0 unspecified atom stereocenters. The van der Waals surface area contributed by atoms with Crippen LogP contribution in [0.1, 0.15) is 5.01 Å². The Morgan fingerprint density at radius 3 is 1.67 bits per heavy atom. The highest BCUT2D eigenvalue weighted by molar-refractivity contribution is 8.00. The predicted molar refractivity (Wildman–Crippen MR) is 130 cm³/mol. The summed E-state index contributed by atoms with van der Waals surface area (Å²) >= 11 is 2.86. The third-order valence-corrected chi connectivity index (χ3v) is 5.86. The van der Waals surface area contributed by atoms with E-state index in [0.29, 0.717) is 17.1 Å². The Labute approximate surface area is 200 Å². The molecule has 170 valence electrons. The molecule has 2 aromatic heterocycles. The first-order valence-corrected chi connectivity index (χ1v) is 11.9. The molecule has 0 aliphatic carbocycles. The summed E-state index contributed by atoms with van der Waals surface area (Å²) in [6, 6.07) is 19.5. The van der Waals surface area contributed by atoms with Gasteiger partial charge in [0.25, 0.3) is 0 Å². The molecule has 33 heavy (non-hydrogen) atoms. The molecule has 0 bridgehead atoms. The zero-order chi connectivity index (χ0) is 22.7. The summed E-state index contributed by atoms with van der Waals surface area (Å²) in [7, 11) is 0. The highest BCUT2D eigenvalue weighted by Gasteiger charge is 2.11. The van der Waals surface area contributed by atoms with Crippen LogP contribution in [0.5, 0.6) is 0 Å². The van der Waals surface area contributed by atoms with Crippen LogP contribution in [0.4, 0.5) is 23.3 Å². The highest BCUT2D eigenvalue weighted by Crippen LogP contribution is 2.29. The third-order valence-electron chi connectivity index (χ3n) is 4.10. The number of hydrogen-bond donors (Lipinski definition) is 2. The molecule has 11 heteroatoms. The number of nitrogens with zero attached hydrogens (tertiary/aromatic N) is 5. The maximum absolute atomic E-state index is 4.94. The van der Waals surface area contributed by atoms with Crippen molar-refractivity contribution >= 4 is 46.4 Å². The molecule has 9 nitrogen and oxygen atoms in total. The van der Waals surface area contributed by atoms with E-state index in [9.17, 15) is 0 Å². The van der Waals surface area contributed by atoms with Gasteiger partial charge in [0.2, 0.25) is 17.1 Å². The lowest BCUT2D eigenvalue weighted by Crippen LogP contribution is -2.16. The monoisotopic (exact) mass is 481 g/mol. The smallest absolute Gasteiger partial charge is 0.233 e. The van der Waals surface area contributed by atoms with Gasteiger partial charge in [0.15, 0.2) is 4.34 Å². The number of aryl methyl sites for hydroxylation is 1. The minimum absolute atomic E-state index is 0.457. The van der Waals surface area contributed by atoms with Crippen LogP contribution < -0.4 is 10.6 Å². The fraction of sp³-hybridized carbons (Fsp3) is 0.227. The maximum Gasteiger partial charge on any atom is 0.233 e. The van der Waals surface area contributed by atoms with E-state index in [4.69, 9.17) is 9.47 Å². The molecule has 3 heterocycles. The predicted octanol–water partition coefficient (Wildman–Crippen LogP) is 4.70. The van der Waals surface area contributed by atoms with Crippen LogP contribution >= 0.6 is 23.1 Å². The van der Waals surface area contributed by atoms with Crippen molar-refractivity contribution in [3.05, 3.63) is 65.7 Å². The largest absolute Gasteiger partial charge is 0.377 e. The van der Waals surface area contributed by atoms with Crippen LogP contribution in [-0.4, -0.2) is 51.6 Å². The minimum Gasteiger partial charge on any atom is -0.377 e. The summed E-state index contributed by atoms with van der Waals surface area (Å²) < 4.78 is 10.7. The molecule has 1 saturated heterocycles. The fourth-order valence-electron chi connectivity index (χ4n) is 2.65. The topological polar surface area (TPSA) is 107 Å². The number of rotatable bonds is 6. The summed E-state index contributed by atoms with van der Waals surface area (Å²) in [5, 5.41) is 16.0. The van der Waals surface area contributed by atoms with Crippen molar-refractivity contribution in [3.8, 4) is 0 Å². The van der Waals surface area contributed by atoms with E-state index in [1.165, 1.54) is 23.1 Å². The number of para-hydroxylation sites is 2. The SMILES string of the molecule is C1COCCO1.Cc1nnc(Sc2nc(Nc3ccccc3)nc(Nc3ccccc3)n2)s1. The van der Waals surface area contributed by atoms with E-state index in [2.05, 4.69) is 35.8 Å². The molecule has 1 aliphatic heterocycles. The zero-order valence-electron chi connectivity index (χ0n) is 18.0. The fourth-order valence-corrected chi connectivity index (χ4v) is 4.32. The average molecular weight is 482 g/mol. The minimum atomic E-state index is 0.457. The highest BCUT2D eigenvalue weighted by atomic mass is 32.2. The van der Waals surface area contributed by atoms with Gasteiger partial charge >= 0.3 is 0 Å². The second-order valence-corrected chi connectivity index (χ2v) is 9.06. The summed E-state index contributed by atoms with van der Waals surface area (Å²) in [6.07, 6.45) is 0. The van der Waals surface area contributed by atoms with E-state index >= 15 is 0 Å². The van der Waals surface area contributed by atoms with Crippen LogP contribution in [0.15, 0.2) is 70.2 Å². The maximum atomic E-state index is 4.94. The normalized spacial score (nSPS) is 13.0. The lowest BCUT2D eigenvalue weighted by molar-refractivity contribution is -0.0334. The molecule has 1 aliphatic rings. The Morgan fingerprint density at radius 2 is 1.24 bits per heavy atom. The first-order chi connectivity index (χ1) is 16.2. The van der Waals surface area contributed by atoms with E-state index in [1.54, 1.807) is 0 Å². The molecule has 1 fully saturated rings. The summed E-state index contributed by atoms with van der Waals surface area (Å²) in [5.41, 5.74) is 1.80. The van der Waals surface area contributed by atoms with Crippen molar-refractivity contribution in [2.75, 3.05) is 37.1 Å². The molecule has 2 N–H and O–H groups in total. The van der Waals surface area contributed by atoms with Crippen LogP contribution in [0.3, 0.4) is 0 Å². The van der Waals surface area contributed by atoms with E-state index in [1.807, 2.05) is 67.6 Å². The number of benzene rings is 2. The van der Waals surface area contributed by atoms with Gasteiger partial charge in [0.05, 0.1) is 26.4 Å². The Balaban J connectivity index is 0.000000376. The Bertz CT molecular complexity index is 1050. The van der Waals surface area contributed by atoms with Gasteiger partial charge in [-0.25, -0.2) is 0 Å². The lowest BCUT2D eigenvalue weighted by atomic mass is 10.3. The van der Waals surface area contributed by atoms with Gasteiger partial charge in [0, 0.05) is 11.4 Å². The molecule has 0 amide bonds. The number of anilines is 4. The van der Waals surface area contributed by atoms with Gasteiger partial charge in [-0.3, -0.25) is 0 Å². The Kier molecular flexibility index (Phi) is 8.53. The van der Waals surface area contributed by atoms with Crippen LogP contribution in [-0.2, 0) is 9.47 Å². The molecule has 0 atom stereocenters. The quantitative estimate of drug-likeness (QED) is 0.402. The van der Waals surface area contributed by atoms with Gasteiger partial charge < -0.3 is 20.1 Å². The molecule has 0 radical (unpaired) electrons. The van der Waals surface area contributed by atoms with Gasteiger partial charge in [-0.15, -0.1) is 10.2 Å². The lowest BCUT2D eigenvalue weighted by Gasteiger charge is -2.09. The Morgan fingerprint density at radius 1 is 0.727 bits per heavy atom. The van der Waals surface area contributed by atoms with E-state index in [0.717, 1.165) is 47.1 Å². The first kappa shape index (κ1) is 23.1. The number of aromatic nitrogens is 5. The number of ether oxygens (including phenoxy) is 2. The van der Waals surface area contributed by atoms with Crippen molar-refractivity contribution in [3.63, 3.8) is 0 Å². The molecular formula is C22H23N7O2S2. The van der Waals surface area contributed by atoms with Gasteiger partial charge in [-0.2, -0.15) is 15.0 Å². The van der Waals surface area contributed by atoms with Crippen molar-refractivity contribution in [2.45, 2.75) is 16.4 Å². The average Bonchev–Trinajstić information content (AvgIpc) is 3.26. The van der Waals surface area contributed by atoms with Gasteiger partial charge in [-0.1, -0.05) is 47.7 Å². The van der Waals surface area contributed by atoms with Crippen molar-refractivity contribution in [1.29, 1.82) is 0 Å². The van der Waals surface area contributed by atoms with Crippen molar-refractivity contribution in [1.82, 2.24) is 25.1 Å². The first-order valence-electron chi connectivity index (χ1n) is 10.3. The second-order valence-electron chi connectivity index (χ2n) is 6.66. The summed E-state index contributed by atoms with van der Waals surface area (Å²) in [4.78, 5) is 13.5. The third kappa shape index (κ3) is 7.75. The second kappa shape index (κ2) is 12.2. The summed E-state index contributed by atoms with van der Waals surface area (Å²) in [5.74, 6) is 0.914. The van der Waals surface area contributed by atoms with Crippen molar-refractivity contribution < 1.29 is 9.47 Å². The van der Waals surface area contributed by atoms with Crippen LogP contribution in [0.25, 0.3) is 0 Å². The standard InChI is InChI=1S/C18H15N7S2.C4H8O2/c1-12-24-25-18(26-12)27-17-22-15(19-13-8-4-2-5-9-13)21-16(23-17)20-14-10-6-3-7-11-14;1-2-6-4-3-5-1/h2-11H,1H3,(H2,19,20,21,22,23);1-4H2. The van der Waals surface area contributed by atoms with Gasteiger partial charge in [0.1, 0.15) is 5.01 Å². The molecule has 0 saturated carbocycles. The molecule has 0 spiro atoms. The summed E-state index contributed by atoms with van der Waals surface area (Å²) in [6.45, 7) is 5.03. The Hall–Kier alpha value is -3.12. The van der Waals surface area contributed by atoms with Gasteiger partial charge in [-0.05, 0) is 43.0 Å². The molecule has 4 aromatic rings. The zero-order valence-corrected chi connectivity index (χ0v) is 19.6. The molecule has 5 rings (SSSR count). The van der Waals surface area contributed by atoms with Crippen molar-refractivity contribution in [2.24, 2.45) is 0 Å². The van der Waals surface area contributed by atoms with Crippen LogP contribution in [0.2, 0.25) is 0 Å². The van der Waals surface area contributed by atoms with E-state index < -0.39 is 0 Å². The molecular weight excluding hydrogens is 458 g/mol. The number of hydrogen-bond acceptors (Lipinski definition) is 11. The molecule has 2 aromatic carbocycles.